The number of thiophene rings is 1. The molecule has 96 valence electrons. The van der Waals surface area contributed by atoms with Gasteiger partial charge in [0.15, 0.2) is 0 Å². The average molecular weight is 252 g/mol. The van der Waals surface area contributed by atoms with Gasteiger partial charge in [-0.3, -0.25) is 4.90 Å². The summed E-state index contributed by atoms with van der Waals surface area (Å²) >= 11 is 1.92. The van der Waals surface area contributed by atoms with E-state index in [4.69, 9.17) is 0 Å². The summed E-state index contributed by atoms with van der Waals surface area (Å²) in [6, 6.07) is 2.81. The molecule has 2 rings (SSSR count). The number of aryl methyl sites for hydroxylation is 1. The summed E-state index contributed by atoms with van der Waals surface area (Å²) in [6.45, 7) is 13.9. The zero-order chi connectivity index (χ0) is 12.5. The molecule has 0 aliphatic carbocycles. The van der Waals surface area contributed by atoms with E-state index in [1.54, 1.807) is 4.88 Å². The quantitative estimate of drug-likeness (QED) is 0.870. The maximum atomic E-state index is 3.44. The molecule has 0 radical (unpaired) electrons. The van der Waals surface area contributed by atoms with Crippen molar-refractivity contribution in [2.75, 3.05) is 26.2 Å². The average Bonchev–Trinajstić information content (AvgIpc) is 2.65. The molecule has 0 saturated carbocycles. The summed E-state index contributed by atoms with van der Waals surface area (Å²) in [6.07, 6.45) is 0. The Morgan fingerprint density at radius 1 is 1.29 bits per heavy atom. The van der Waals surface area contributed by atoms with E-state index in [9.17, 15) is 0 Å². The van der Waals surface area contributed by atoms with Crippen molar-refractivity contribution in [2.24, 2.45) is 5.41 Å². The smallest absolute Gasteiger partial charge is 0.0493 e. The summed E-state index contributed by atoms with van der Waals surface area (Å²) in [5, 5.41) is 5.67. The van der Waals surface area contributed by atoms with Crippen molar-refractivity contribution < 1.29 is 0 Å². The molecule has 1 aliphatic heterocycles. The second-order valence-electron chi connectivity index (χ2n) is 6.02. The molecule has 0 amide bonds. The molecule has 1 saturated heterocycles. The van der Waals surface area contributed by atoms with Crippen LogP contribution in [-0.4, -0.2) is 31.1 Å². The van der Waals surface area contributed by atoms with Crippen molar-refractivity contribution >= 4 is 11.3 Å². The number of hydrogen-bond acceptors (Lipinski definition) is 3. The molecule has 1 aromatic rings. The monoisotopic (exact) mass is 252 g/mol. The molecule has 2 heterocycles. The van der Waals surface area contributed by atoms with Gasteiger partial charge in [0.25, 0.3) is 0 Å². The van der Waals surface area contributed by atoms with Crippen LogP contribution in [0.5, 0.6) is 0 Å². The van der Waals surface area contributed by atoms with Gasteiger partial charge in [0, 0.05) is 37.1 Å². The van der Waals surface area contributed by atoms with Crippen LogP contribution in [0.2, 0.25) is 0 Å². The van der Waals surface area contributed by atoms with Crippen LogP contribution in [-0.2, 0) is 0 Å². The van der Waals surface area contributed by atoms with Crippen molar-refractivity contribution in [2.45, 2.75) is 33.7 Å². The fourth-order valence-electron chi connectivity index (χ4n) is 2.71. The van der Waals surface area contributed by atoms with Crippen LogP contribution >= 0.6 is 11.3 Å². The summed E-state index contributed by atoms with van der Waals surface area (Å²) in [5.41, 5.74) is 1.75. The van der Waals surface area contributed by atoms with Gasteiger partial charge in [-0.1, -0.05) is 20.8 Å². The molecule has 1 atom stereocenters. The van der Waals surface area contributed by atoms with E-state index in [-0.39, 0.29) is 0 Å². The number of hydrogen-bond donors (Lipinski definition) is 1. The molecular weight excluding hydrogens is 228 g/mol. The van der Waals surface area contributed by atoms with Gasteiger partial charge in [-0.25, -0.2) is 0 Å². The lowest BCUT2D eigenvalue weighted by atomic mass is 9.83. The summed E-state index contributed by atoms with van der Waals surface area (Å²) in [7, 11) is 0. The minimum atomic E-state index is 0.299. The van der Waals surface area contributed by atoms with Crippen LogP contribution in [0.1, 0.15) is 37.3 Å². The zero-order valence-electron chi connectivity index (χ0n) is 11.4. The lowest BCUT2D eigenvalue weighted by molar-refractivity contribution is 0.0884. The second-order valence-corrected chi connectivity index (χ2v) is 6.97. The highest BCUT2D eigenvalue weighted by atomic mass is 32.1. The molecule has 3 heteroatoms. The third-order valence-electron chi connectivity index (χ3n) is 3.49. The van der Waals surface area contributed by atoms with Gasteiger partial charge in [0.2, 0.25) is 0 Å². The van der Waals surface area contributed by atoms with Crippen molar-refractivity contribution in [3.8, 4) is 0 Å². The van der Waals surface area contributed by atoms with Gasteiger partial charge in [0.05, 0.1) is 0 Å². The fraction of sp³-hybridized carbons (Fsp3) is 0.714. The van der Waals surface area contributed by atoms with Crippen LogP contribution < -0.4 is 5.32 Å². The maximum Gasteiger partial charge on any atom is 0.0493 e. The van der Waals surface area contributed by atoms with Crippen LogP contribution in [0.15, 0.2) is 11.4 Å². The van der Waals surface area contributed by atoms with Crippen LogP contribution in [0.3, 0.4) is 0 Å². The van der Waals surface area contributed by atoms with Gasteiger partial charge >= 0.3 is 0 Å². The second kappa shape index (κ2) is 5.09. The Balaban J connectivity index is 2.28. The Hall–Kier alpha value is -0.380. The number of piperazine rings is 1. The van der Waals surface area contributed by atoms with E-state index in [0.717, 1.165) is 13.1 Å². The molecule has 1 fully saturated rings. The normalized spacial score (nSPS) is 20.5. The highest BCUT2D eigenvalue weighted by molar-refractivity contribution is 7.10. The van der Waals surface area contributed by atoms with Gasteiger partial charge in [0.1, 0.15) is 0 Å². The zero-order valence-corrected chi connectivity index (χ0v) is 12.2. The first-order chi connectivity index (χ1) is 8.00. The first-order valence-electron chi connectivity index (χ1n) is 6.49. The molecule has 1 aliphatic rings. The van der Waals surface area contributed by atoms with E-state index in [2.05, 4.69) is 49.4 Å². The van der Waals surface area contributed by atoms with Crippen molar-refractivity contribution in [1.82, 2.24) is 10.2 Å². The van der Waals surface area contributed by atoms with Crippen molar-refractivity contribution in [1.29, 1.82) is 0 Å². The largest absolute Gasteiger partial charge is 0.314 e. The third-order valence-corrected chi connectivity index (χ3v) is 4.56. The van der Waals surface area contributed by atoms with Crippen LogP contribution in [0.4, 0.5) is 0 Å². The van der Waals surface area contributed by atoms with Gasteiger partial charge in [-0.2, -0.15) is 0 Å². The van der Waals surface area contributed by atoms with Gasteiger partial charge < -0.3 is 5.32 Å². The van der Waals surface area contributed by atoms with E-state index >= 15 is 0 Å². The van der Waals surface area contributed by atoms with Crippen LogP contribution in [0, 0.1) is 12.3 Å². The van der Waals surface area contributed by atoms with Crippen LogP contribution in [0.25, 0.3) is 0 Å². The van der Waals surface area contributed by atoms with E-state index in [0.29, 0.717) is 11.5 Å². The molecule has 1 aromatic heterocycles. The topological polar surface area (TPSA) is 15.3 Å². The summed E-state index contributed by atoms with van der Waals surface area (Å²) < 4.78 is 0. The third kappa shape index (κ3) is 2.90. The standard InChI is InChI=1S/C14H24N2S/c1-11-5-10-17-12(11)13(14(2,3)4)16-8-6-15-7-9-16/h5,10,13,15H,6-9H2,1-4H3/t13-/m1/s1. The fourth-order valence-corrected chi connectivity index (χ4v) is 4.02. The molecule has 17 heavy (non-hydrogen) atoms. The molecule has 0 bridgehead atoms. The maximum absolute atomic E-state index is 3.44. The van der Waals surface area contributed by atoms with E-state index < -0.39 is 0 Å². The Kier molecular flexibility index (Phi) is 3.91. The molecule has 0 spiro atoms. The minimum absolute atomic E-state index is 0.299. The SMILES string of the molecule is Cc1ccsc1[C@@H](N1CCNCC1)C(C)(C)C. The lowest BCUT2D eigenvalue weighted by Gasteiger charge is -2.42. The summed E-state index contributed by atoms with van der Waals surface area (Å²) in [5.74, 6) is 0. The Morgan fingerprint density at radius 2 is 1.94 bits per heavy atom. The molecule has 2 nitrogen and oxygen atoms in total. The lowest BCUT2D eigenvalue weighted by Crippen LogP contribution is -2.48. The predicted octanol–water partition coefficient (Wildman–Crippen LogP) is 3.05. The predicted molar refractivity (Wildman–Crippen MR) is 75.7 cm³/mol. The summed E-state index contributed by atoms with van der Waals surface area (Å²) in [4.78, 5) is 4.20. The van der Waals surface area contributed by atoms with Gasteiger partial charge in [-0.05, 0) is 29.3 Å². The van der Waals surface area contributed by atoms with E-state index in [1.807, 2.05) is 11.3 Å². The minimum Gasteiger partial charge on any atom is -0.314 e. The molecule has 0 unspecified atom stereocenters. The number of nitrogens with zero attached hydrogens (tertiary/aromatic N) is 1. The molecule has 0 aromatic carbocycles. The van der Waals surface area contributed by atoms with Gasteiger partial charge in [-0.15, -0.1) is 11.3 Å². The molecular formula is C14H24N2S. The Bertz CT molecular complexity index is 359. The van der Waals surface area contributed by atoms with Crippen molar-refractivity contribution in [3.05, 3.63) is 21.9 Å². The van der Waals surface area contributed by atoms with E-state index in [1.165, 1.54) is 18.7 Å². The number of rotatable bonds is 2. The first kappa shape index (κ1) is 13.1. The highest BCUT2D eigenvalue weighted by Gasteiger charge is 2.34. The molecule has 1 N–H and O–H groups in total. The van der Waals surface area contributed by atoms with Crippen molar-refractivity contribution in [3.63, 3.8) is 0 Å². The Labute approximate surface area is 109 Å². The Morgan fingerprint density at radius 3 is 2.41 bits per heavy atom. The first-order valence-corrected chi connectivity index (χ1v) is 7.37. The highest BCUT2D eigenvalue weighted by Crippen LogP contribution is 2.41. The number of nitrogens with one attached hydrogen (secondary N) is 1.